The van der Waals surface area contributed by atoms with Crippen LogP contribution in [0.5, 0.6) is 0 Å². The minimum Gasteiger partial charge on any atom is -0.436 e. The van der Waals surface area contributed by atoms with E-state index in [1.54, 1.807) is 0 Å². The lowest BCUT2D eigenvalue weighted by Gasteiger charge is -2.26. The number of rotatable bonds is 6. The summed E-state index contributed by atoms with van der Waals surface area (Å²) in [5.41, 5.74) is 11.0. The minimum atomic E-state index is 0.422. The number of para-hydroxylation sites is 4. The van der Waals surface area contributed by atoms with E-state index in [1.165, 1.54) is 16.0 Å². The topological polar surface area (TPSA) is 55.3 Å². The quantitative estimate of drug-likeness (QED) is 0.186. The molecule has 8 aromatic rings. The molecule has 0 fully saturated rings. The lowest BCUT2D eigenvalue weighted by molar-refractivity contribution is 0.619. The van der Waals surface area contributed by atoms with E-state index in [-0.39, 0.29) is 0 Å². The first-order valence-electron chi connectivity index (χ1n) is 15.3. The molecule has 1 aliphatic rings. The van der Waals surface area contributed by atoms with Crippen LogP contribution in [0.15, 0.2) is 159 Å². The summed E-state index contributed by atoms with van der Waals surface area (Å²) in [5.74, 6) is 1.22. The van der Waals surface area contributed by atoms with Crippen molar-refractivity contribution in [2.45, 2.75) is 16.6 Å². The van der Waals surface area contributed by atoms with Crippen LogP contribution in [0.1, 0.15) is 16.4 Å². The van der Waals surface area contributed by atoms with E-state index in [0.29, 0.717) is 17.0 Å². The smallest absolute Gasteiger partial charge is 0.227 e. The Bertz CT molecular complexity index is 2110. The summed E-state index contributed by atoms with van der Waals surface area (Å²) in [7, 11) is 0. The zero-order valence-electron chi connectivity index (χ0n) is 24.7. The second kappa shape index (κ2) is 11.1. The van der Waals surface area contributed by atoms with Crippen molar-refractivity contribution in [3.63, 3.8) is 0 Å². The molecule has 0 amide bonds. The highest BCUT2D eigenvalue weighted by Gasteiger charge is 2.24. The summed E-state index contributed by atoms with van der Waals surface area (Å²) in [6, 6.07) is 50.2. The third kappa shape index (κ3) is 4.84. The molecule has 220 valence electrons. The first-order chi connectivity index (χ1) is 22.7. The van der Waals surface area contributed by atoms with E-state index in [0.717, 1.165) is 56.8 Å². The van der Waals surface area contributed by atoms with Crippen LogP contribution in [0.4, 0.5) is 17.1 Å². The van der Waals surface area contributed by atoms with E-state index < -0.39 is 0 Å². The largest absolute Gasteiger partial charge is 0.436 e. The van der Waals surface area contributed by atoms with Gasteiger partial charge in [0.1, 0.15) is 11.0 Å². The van der Waals surface area contributed by atoms with Gasteiger partial charge in [-0.15, -0.1) is 11.8 Å². The van der Waals surface area contributed by atoms with Crippen LogP contribution in [0, 0.1) is 0 Å². The molecule has 2 aromatic heterocycles. The van der Waals surface area contributed by atoms with Crippen LogP contribution in [0.25, 0.3) is 45.1 Å². The first-order valence-corrected chi connectivity index (χ1v) is 16.2. The molecule has 6 heteroatoms. The SMILES string of the molecule is c1ccc2c(c1)CC(c1ccc(N(c3ccc(-c4nc5ccccc5o4)cc3)c3ccc(-c4nc5ccccc5o4)cc3)cc1)S2. The fourth-order valence-corrected chi connectivity index (χ4v) is 7.47. The Labute approximate surface area is 270 Å². The Morgan fingerprint density at radius 2 is 1.00 bits per heavy atom. The predicted molar refractivity (Wildman–Crippen MR) is 186 cm³/mol. The third-order valence-corrected chi connectivity index (χ3v) is 9.88. The summed E-state index contributed by atoms with van der Waals surface area (Å²) in [5, 5.41) is 0.422. The number of oxazole rings is 2. The number of nitrogens with zero attached hydrogens (tertiary/aromatic N) is 3. The highest BCUT2D eigenvalue weighted by molar-refractivity contribution is 7.99. The maximum absolute atomic E-state index is 6.04. The Kier molecular flexibility index (Phi) is 6.46. The van der Waals surface area contributed by atoms with E-state index >= 15 is 0 Å². The standard InChI is InChI=1S/C40H27N3O2S/c1-6-12-37-29(7-1)25-38(46-37)26-13-19-30(20-14-26)43(31-21-15-27(16-22-31)39-41-33-8-2-4-10-35(33)44-39)32-23-17-28(18-24-32)40-42-34-9-3-5-11-36(34)45-40/h1-24,38H,25H2. The minimum absolute atomic E-state index is 0.422. The molecule has 1 atom stereocenters. The second-order valence-electron chi connectivity index (χ2n) is 11.4. The predicted octanol–water partition coefficient (Wildman–Crippen LogP) is 11.2. The molecule has 0 N–H and O–H groups in total. The highest BCUT2D eigenvalue weighted by Crippen LogP contribution is 2.47. The number of fused-ring (bicyclic) bond motifs is 3. The van der Waals surface area contributed by atoms with Crippen molar-refractivity contribution < 1.29 is 8.83 Å². The van der Waals surface area contributed by atoms with E-state index in [1.807, 2.05) is 60.3 Å². The van der Waals surface area contributed by atoms with Gasteiger partial charge in [0, 0.05) is 38.3 Å². The van der Waals surface area contributed by atoms with Crippen LogP contribution in [-0.4, -0.2) is 9.97 Å². The monoisotopic (exact) mass is 613 g/mol. The Morgan fingerprint density at radius 3 is 1.52 bits per heavy atom. The fraction of sp³-hybridized carbons (Fsp3) is 0.0500. The van der Waals surface area contributed by atoms with Crippen molar-refractivity contribution in [2.75, 3.05) is 4.90 Å². The van der Waals surface area contributed by atoms with Gasteiger partial charge in [0.25, 0.3) is 0 Å². The fourth-order valence-electron chi connectivity index (χ4n) is 6.15. The van der Waals surface area contributed by atoms with Gasteiger partial charge in [-0.2, -0.15) is 0 Å². The molecule has 1 unspecified atom stereocenters. The maximum Gasteiger partial charge on any atom is 0.227 e. The van der Waals surface area contributed by atoms with Gasteiger partial charge in [-0.3, -0.25) is 0 Å². The molecular formula is C40H27N3O2S. The zero-order chi connectivity index (χ0) is 30.5. The van der Waals surface area contributed by atoms with Gasteiger partial charge in [-0.1, -0.05) is 54.6 Å². The molecular weight excluding hydrogens is 587 g/mol. The molecule has 1 aliphatic heterocycles. The van der Waals surface area contributed by atoms with Gasteiger partial charge in [0.15, 0.2) is 11.2 Å². The second-order valence-corrected chi connectivity index (χ2v) is 12.7. The van der Waals surface area contributed by atoms with Gasteiger partial charge in [-0.05, 0) is 109 Å². The zero-order valence-corrected chi connectivity index (χ0v) is 25.5. The molecule has 0 bridgehead atoms. The lowest BCUT2D eigenvalue weighted by atomic mass is 10.0. The maximum atomic E-state index is 6.04. The number of benzene rings is 6. The first kappa shape index (κ1) is 26.8. The van der Waals surface area contributed by atoms with Crippen molar-refractivity contribution in [1.82, 2.24) is 9.97 Å². The van der Waals surface area contributed by atoms with Crippen molar-refractivity contribution in [3.8, 4) is 22.9 Å². The van der Waals surface area contributed by atoms with Gasteiger partial charge < -0.3 is 13.7 Å². The highest BCUT2D eigenvalue weighted by atomic mass is 32.2. The average Bonchev–Trinajstić information content (AvgIpc) is 3.86. The van der Waals surface area contributed by atoms with Gasteiger partial charge in [0.2, 0.25) is 11.8 Å². The molecule has 3 heterocycles. The number of aromatic nitrogens is 2. The van der Waals surface area contributed by atoms with Crippen LogP contribution in [0.2, 0.25) is 0 Å². The van der Waals surface area contributed by atoms with Crippen LogP contribution in [-0.2, 0) is 6.42 Å². The van der Waals surface area contributed by atoms with Crippen LogP contribution in [0.3, 0.4) is 0 Å². The molecule has 0 saturated carbocycles. The molecule has 0 radical (unpaired) electrons. The number of hydrogen-bond donors (Lipinski definition) is 0. The number of hydrogen-bond acceptors (Lipinski definition) is 6. The Balaban J connectivity index is 1.06. The number of anilines is 3. The van der Waals surface area contributed by atoms with Gasteiger partial charge >= 0.3 is 0 Å². The summed E-state index contributed by atoms with van der Waals surface area (Å²) in [4.78, 5) is 13.0. The summed E-state index contributed by atoms with van der Waals surface area (Å²) in [6.45, 7) is 0. The summed E-state index contributed by atoms with van der Waals surface area (Å²) < 4.78 is 12.1. The summed E-state index contributed by atoms with van der Waals surface area (Å²) in [6.07, 6.45) is 1.05. The van der Waals surface area contributed by atoms with Crippen molar-refractivity contribution in [3.05, 3.63) is 157 Å². The normalized spacial score (nSPS) is 14.1. The van der Waals surface area contributed by atoms with Crippen LogP contribution < -0.4 is 4.90 Å². The van der Waals surface area contributed by atoms with Gasteiger partial charge in [0.05, 0.1) is 0 Å². The van der Waals surface area contributed by atoms with E-state index in [2.05, 4.69) is 102 Å². The Morgan fingerprint density at radius 1 is 0.522 bits per heavy atom. The van der Waals surface area contributed by atoms with Crippen molar-refractivity contribution >= 4 is 51.0 Å². The summed E-state index contributed by atoms with van der Waals surface area (Å²) >= 11 is 1.95. The van der Waals surface area contributed by atoms with Crippen molar-refractivity contribution in [1.29, 1.82) is 0 Å². The molecule has 6 aromatic carbocycles. The molecule has 9 rings (SSSR count). The number of thioether (sulfide) groups is 1. The van der Waals surface area contributed by atoms with Gasteiger partial charge in [-0.25, -0.2) is 9.97 Å². The molecule has 5 nitrogen and oxygen atoms in total. The van der Waals surface area contributed by atoms with E-state index in [9.17, 15) is 0 Å². The third-order valence-electron chi connectivity index (χ3n) is 8.50. The van der Waals surface area contributed by atoms with Crippen LogP contribution >= 0.6 is 11.8 Å². The molecule has 0 spiro atoms. The van der Waals surface area contributed by atoms with Crippen molar-refractivity contribution in [2.24, 2.45) is 0 Å². The lowest BCUT2D eigenvalue weighted by Crippen LogP contribution is -2.10. The molecule has 0 saturated heterocycles. The van der Waals surface area contributed by atoms with E-state index in [4.69, 9.17) is 18.8 Å². The molecule has 0 aliphatic carbocycles. The Hall–Kier alpha value is -5.59. The average molecular weight is 614 g/mol. The molecule has 46 heavy (non-hydrogen) atoms.